The third-order valence-corrected chi connectivity index (χ3v) is 3.73. The third kappa shape index (κ3) is 5.51. The maximum absolute atomic E-state index is 12.7. The molecule has 1 N–H and O–H groups in total. The number of hydrogen-bond donors (Lipinski definition) is 1. The average molecular weight is 422 g/mol. The van der Waals surface area contributed by atoms with E-state index in [-0.39, 0.29) is 33.7 Å². The Bertz CT molecular complexity index is 872. The number of amides is 1. The molecular weight excluding hydrogens is 410 g/mol. The molecule has 0 aliphatic heterocycles. The highest BCUT2D eigenvalue weighted by molar-refractivity contribution is 6.34. The van der Waals surface area contributed by atoms with Crippen molar-refractivity contribution in [2.45, 2.75) is 13.1 Å². The lowest BCUT2D eigenvalue weighted by Gasteiger charge is -2.13. The van der Waals surface area contributed by atoms with E-state index in [0.29, 0.717) is 6.07 Å². The number of alkyl halides is 3. The van der Waals surface area contributed by atoms with Gasteiger partial charge in [0.15, 0.2) is 0 Å². The van der Waals surface area contributed by atoms with Crippen LogP contribution in [0.5, 0.6) is 5.75 Å². The molecule has 0 unspecified atom stereocenters. The molecule has 2 rings (SSSR count). The van der Waals surface area contributed by atoms with Gasteiger partial charge in [0.1, 0.15) is 5.75 Å². The second-order valence-electron chi connectivity index (χ2n) is 5.07. The zero-order chi connectivity index (χ0) is 20.2. The molecule has 0 aromatic heterocycles. The van der Waals surface area contributed by atoms with E-state index in [1.54, 1.807) is 6.92 Å². The van der Waals surface area contributed by atoms with E-state index < -0.39 is 23.8 Å². The predicted molar refractivity (Wildman–Crippen MR) is 93.5 cm³/mol. The van der Waals surface area contributed by atoms with Crippen molar-refractivity contribution in [1.29, 1.82) is 0 Å². The van der Waals surface area contributed by atoms with Crippen LogP contribution in [0.1, 0.15) is 22.8 Å². The van der Waals surface area contributed by atoms with Gasteiger partial charge in [-0.3, -0.25) is 4.79 Å². The van der Waals surface area contributed by atoms with Gasteiger partial charge in [-0.15, -0.1) is 0 Å². The molecule has 0 radical (unpaired) electrons. The van der Waals surface area contributed by atoms with Gasteiger partial charge < -0.3 is 14.8 Å². The molecule has 2 aromatic carbocycles. The van der Waals surface area contributed by atoms with E-state index in [4.69, 9.17) is 27.9 Å². The zero-order valence-electron chi connectivity index (χ0n) is 13.7. The van der Waals surface area contributed by atoms with E-state index in [1.165, 1.54) is 18.2 Å². The van der Waals surface area contributed by atoms with Crippen molar-refractivity contribution in [1.82, 2.24) is 0 Å². The fourth-order valence-corrected chi connectivity index (χ4v) is 2.39. The number of carbonyl (C=O) groups is 2. The second-order valence-corrected chi connectivity index (χ2v) is 5.92. The molecular formula is C17H12Cl2F3NO4. The first-order valence-corrected chi connectivity index (χ1v) is 8.19. The molecule has 0 saturated carbocycles. The summed E-state index contributed by atoms with van der Waals surface area (Å²) in [6, 6.07) is 6.37. The van der Waals surface area contributed by atoms with Crippen molar-refractivity contribution in [3.05, 3.63) is 57.6 Å². The van der Waals surface area contributed by atoms with Crippen molar-refractivity contribution in [3.63, 3.8) is 0 Å². The van der Waals surface area contributed by atoms with Crippen LogP contribution >= 0.6 is 23.2 Å². The topological polar surface area (TPSA) is 64.6 Å². The zero-order valence-corrected chi connectivity index (χ0v) is 15.2. The normalized spacial score (nSPS) is 11.0. The number of benzene rings is 2. The Morgan fingerprint density at radius 1 is 1.11 bits per heavy atom. The summed E-state index contributed by atoms with van der Waals surface area (Å²) in [6.07, 6.45) is -5.60. The number of nitrogens with one attached hydrogen (secondary N) is 1. The molecule has 2 aromatic rings. The first-order valence-electron chi connectivity index (χ1n) is 7.44. The second kappa shape index (κ2) is 8.49. The molecule has 0 saturated heterocycles. The Morgan fingerprint density at radius 3 is 2.41 bits per heavy atom. The van der Waals surface area contributed by atoms with Gasteiger partial charge in [-0.1, -0.05) is 23.2 Å². The summed E-state index contributed by atoms with van der Waals surface area (Å²) < 4.78 is 47.6. The van der Waals surface area contributed by atoms with Crippen molar-refractivity contribution in [2.24, 2.45) is 0 Å². The average Bonchev–Trinajstić information content (AvgIpc) is 2.57. The summed E-state index contributed by atoms with van der Waals surface area (Å²) in [4.78, 5) is 24.0. The number of halogens is 5. The fourth-order valence-electron chi connectivity index (χ4n) is 1.99. The summed E-state index contributed by atoms with van der Waals surface area (Å²) in [5, 5.41) is 2.21. The first-order chi connectivity index (χ1) is 12.6. The SMILES string of the molecule is CCOC(=O)Oc1ccc(Cl)cc1C(=O)Nc1ccc(C(F)(F)F)cc1Cl. The van der Waals surface area contributed by atoms with E-state index >= 15 is 0 Å². The lowest BCUT2D eigenvalue weighted by atomic mass is 10.1. The summed E-state index contributed by atoms with van der Waals surface area (Å²) >= 11 is 11.7. The Kier molecular flexibility index (Phi) is 6.56. The summed E-state index contributed by atoms with van der Waals surface area (Å²) in [5.41, 5.74) is -1.15. The predicted octanol–water partition coefficient (Wildman–Crippen LogP) is 5.80. The van der Waals surface area contributed by atoms with Crippen molar-refractivity contribution in [2.75, 3.05) is 11.9 Å². The van der Waals surface area contributed by atoms with Crippen molar-refractivity contribution >= 4 is 41.0 Å². The molecule has 0 spiro atoms. The monoisotopic (exact) mass is 421 g/mol. The van der Waals surface area contributed by atoms with Gasteiger partial charge in [0.05, 0.1) is 28.4 Å². The Balaban J connectivity index is 2.28. The van der Waals surface area contributed by atoms with E-state index in [9.17, 15) is 22.8 Å². The number of rotatable bonds is 4. The highest BCUT2D eigenvalue weighted by atomic mass is 35.5. The molecule has 10 heteroatoms. The molecule has 0 atom stereocenters. The molecule has 0 heterocycles. The van der Waals surface area contributed by atoms with Gasteiger partial charge in [-0.2, -0.15) is 13.2 Å². The maximum atomic E-state index is 12.7. The summed E-state index contributed by atoms with van der Waals surface area (Å²) in [5.74, 6) is -0.933. The highest BCUT2D eigenvalue weighted by Crippen LogP contribution is 2.34. The van der Waals surface area contributed by atoms with Crippen LogP contribution < -0.4 is 10.1 Å². The highest BCUT2D eigenvalue weighted by Gasteiger charge is 2.31. The quantitative estimate of drug-likeness (QED) is 0.500. The lowest BCUT2D eigenvalue weighted by molar-refractivity contribution is -0.137. The largest absolute Gasteiger partial charge is 0.513 e. The van der Waals surface area contributed by atoms with Crippen LogP contribution in [-0.2, 0) is 10.9 Å². The molecule has 0 aliphatic carbocycles. The molecule has 0 fully saturated rings. The molecule has 144 valence electrons. The summed E-state index contributed by atoms with van der Waals surface area (Å²) in [6.45, 7) is 1.64. The van der Waals surface area contributed by atoms with E-state index in [1.807, 2.05) is 0 Å². The number of carbonyl (C=O) groups excluding carboxylic acids is 2. The Morgan fingerprint density at radius 2 is 1.81 bits per heavy atom. The molecule has 0 aliphatic rings. The molecule has 1 amide bonds. The van der Waals surface area contributed by atoms with Gasteiger partial charge in [0.2, 0.25) is 0 Å². The standard InChI is InChI=1S/C17H12Cl2F3NO4/c1-2-26-16(25)27-14-6-4-10(18)8-11(14)15(24)23-13-5-3-9(7-12(13)19)17(20,21)22/h3-8H,2H2,1H3,(H,23,24). The van der Waals surface area contributed by atoms with Crippen LogP contribution in [0.4, 0.5) is 23.7 Å². The Hall–Kier alpha value is -2.45. The van der Waals surface area contributed by atoms with Gasteiger partial charge >= 0.3 is 12.3 Å². The van der Waals surface area contributed by atoms with Crippen molar-refractivity contribution in [3.8, 4) is 5.75 Å². The van der Waals surface area contributed by atoms with Crippen LogP contribution in [0.3, 0.4) is 0 Å². The minimum Gasteiger partial charge on any atom is -0.434 e. The Labute approximate surface area is 162 Å². The smallest absolute Gasteiger partial charge is 0.434 e. The molecule has 0 bridgehead atoms. The summed E-state index contributed by atoms with van der Waals surface area (Å²) in [7, 11) is 0. The van der Waals surface area contributed by atoms with Gasteiger partial charge in [0.25, 0.3) is 5.91 Å². The molecule has 5 nitrogen and oxygen atoms in total. The number of ether oxygens (including phenoxy) is 2. The number of hydrogen-bond acceptors (Lipinski definition) is 4. The maximum Gasteiger partial charge on any atom is 0.513 e. The first kappa shape index (κ1) is 20.9. The van der Waals surface area contributed by atoms with Crippen LogP contribution in [0.25, 0.3) is 0 Å². The van der Waals surface area contributed by atoms with Crippen LogP contribution in [-0.4, -0.2) is 18.7 Å². The van der Waals surface area contributed by atoms with Gasteiger partial charge in [0, 0.05) is 5.02 Å². The van der Waals surface area contributed by atoms with Crippen LogP contribution in [0.15, 0.2) is 36.4 Å². The van der Waals surface area contributed by atoms with Crippen LogP contribution in [0, 0.1) is 0 Å². The van der Waals surface area contributed by atoms with E-state index in [0.717, 1.165) is 12.1 Å². The number of anilines is 1. The third-order valence-electron chi connectivity index (χ3n) is 3.19. The lowest BCUT2D eigenvalue weighted by Crippen LogP contribution is -2.17. The minimum absolute atomic E-state index is 0.0586. The van der Waals surface area contributed by atoms with Crippen molar-refractivity contribution < 1.29 is 32.2 Å². The van der Waals surface area contributed by atoms with Gasteiger partial charge in [-0.25, -0.2) is 4.79 Å². The molecule has 27 heavy (non-hydrogen) atoms. The van der Waals surface area contributed by atoms with E-state index in [2.05, 4.69) is 10.1 Å². The van der Waals surface area contributed by atoms with Gasteiger partial charge in [-0.05, 0) is 43.3 Å². The minimum atomic E-state index is -4.57. The fraction of sp³-hybridized carbons (Fsp3) is 0.176. The van der Waals surface area contributed by atoms with Crippen LogP contribution in [0.2, 0.25) is 10.0 Å².